The third-order valence-corrected chi connectivity index (χ3v) is 5.01. The second kappa shape index (κ2) is 7.21. The summed E-state index contributed by atoms with van der Waals surface area (Å²) in [6.45, 7) is 6.00. The molecule has 7 heteroatoms. The number of aryl methyl sites for hydroxylation is 2. The largest absolute Gasteiger partial charge is 0.369 e. The number of carbonyl (C=O) groups is 1. The van der Waals surface area contributed by atoms with Crippen LogP contribution in [0, 0.1) is 13.8 Å². The molecule has 0 bridgehead atoms. The van der Waals surface area contributed by atoms with Crippen molar-refractivity contribution in [2.45, 2.75) is 38.8 Å². The van der Waals surface area contributed by atoms with Crippen LogP contribution in [0.5, 0.6) is 0 Å². The highest BCUT2D eigenvalue weighted by molar-refractivity contribution is 6.07. The Labute approximate surface area is 159 Å². The molecule has 2 aliphatic heterocycles. The molecule has 6 nitrogen and oxygen atoms in total. The van der Waals surface area contributed by atoms with Crippen LogP contribution in [0.2, 0.25) is 0 Å². The molecule has 1 saturated heterocycles. The SMILES string of the molecule is Cc1cc(C)nc(CN2C(=O)C3(CCNCC3)Nc3ccccc32)n1.Cl. The number of rotatable bonds is 2. The molecule has 1 aromatic heterocycles. The van der Waals surface area contributed by atoms with Crippen molar-refractivity contribution in [2.24, 2.45) is 0 Å². The zero-order valence-corrected chi connectivity index (χ0v) is 15.9. The number of amides is 1. The molecule has 1 spiro atoms. The Balaban J connectivity index is 0.00000196. The van der Waals surface area contributed by atoms with E-state index in [0.29, 0.717) is 12.4 Å². The van der Waals surface area contributed by atoms with Gasteiger partial charge in [0.2, 0.25) is 0 Å². The van der Waals surface area contributed by atoms with Crippen molar-refractivity contribution in [1.29, 1.82) is 0 Å². The lowest BCUT2D eigenvalue weighted by molar-refractivity contribution is -0.124. The predicted molar refractivity (Wildman–Crippen MR) is 105 cm³/mol. The summed E-state index contributed by atoms with van der Waals surface area (Å²) in [6, 6.07) is 9.94. The van der Waals surface area contributed by atoms with Gasteiger partial charge in [0.05, 0.1) is 17.9 Å². The van der Waals surface area contributed by atoms with Crippen molar-refractivity contribution in [3.8, 4) is 0 Å². The summed E-state index contributed by atoms with van der Waals surface area (Å²) in [5, 5.41) is 6.87. The van der Waals surface area contributed by atoms with E-state index in [-0.39, 0.29) is 18.3 Å². The van der Waals surface area contributed by atoms with Crippen molar-refractivity contribution in [3.63, 3.8) is 0 Å². The van der Waals surface area contributed by atoms with Gasteiger partial charge in [-0.25, -0.2) is 9.97 Å². The zero-order chi connectivity index (χ0) is 17.4. The summed E-state index contributed by atoms with van der Waals surface area (Å²) in [6.07, 6.45) is 1.56. The standard InChI is InChI=1S/C19H23N5O.ClH/c1-13-11-14(2)22-17(21-13)12-24-16-6-4-3-5-15(16)23-19(18(24)25)7-9-20-10-8-19;/h3-6,11,20,23H,7-10,12H2,1-2H3;1H. The summed E-state index contributed by atoms with van der Waals surface area (Å²) in [4.78, 5) is 24.3. The maximum absolute atomic E-state index is 13.4. The average Bonchev–Trinajstić information content (AvgIpc) is 2.59. The van der Waals surface area contributed by atoms with E-state index in [9.17, 15) is 4.79 Å². The highest BCUT2D eigenvalue weighted by atomic mass is 35.5. The van der Waals surface area contributed by atoms with Crippen molar-refractivity contribution < 1.29 is 4.79 Å². The number of aromatic nitrogens is 2. The van der Waals surface area contributed by atoms with Gasteiger partial charge < -0.3 is 15.5 Å². The molecule has 0 unspecified atom stereocenters. The molecule has 0 radical (unpaired) electrons. The number of nitrogens with zero attached hydrogens (tertiary/aromatic N) is 3. The Morgan fingerprint density at radius 1 is 1.12 bits per heavy atom. The number of hydrogen-bond donors (Lipinski definition) is 2. The van der Waals surface area contributed by atoms with Crippen LogP contribution in [0.1, 0.15) is 30.1 Å². The topological polar surface area (TPSA) is 70.2 Å². The van der Waals surface area contributed by atoms with E-state index in [2.05, 4.69) is 20.6 Å². The Hall–Kier alpha value is -2.18. The summed E-state index contributed by atoms with van der Waals surface area (Å²) < 4.78 is 0. The van der Waals surface area contributed by atoms with Crippen molar-refractivity contribution in [3.05, 3.63) is 47.5 Å². The van der Waals surface area contributed by atoms with Crippen molar-refractivity contribution >= 4 is 29.7 Å². The average molecular weight is 374 g/mol. The smallest absolute Gasteiger partial charge is 0.253 e. The highest BCUT2D eigenvalue weighted by Crippen LogP contribution is 2.39. The molecule has 138 valence electrons. The minimum Gasteiger partial charge on any atom is -0.369 e. The number of hydrogen-bond acceptors (Lipinski definition) is 5. The van der Waals surface area contributed by atoms with Crippen LogP contribution in [0.3, 0.4) is 0 Å². The van der Waals surface area contributed by atoms with E-state index in [4.69, 9.17) is 0 Å². The van der Waals surface area contributed by atoms with Crippen molar-refractivity contribution in [1.82, 2.24) is 15.3 Å². The fourth-order valence-corrected chi connectivity index (χ4v) is 3.85. The van der Waals surface area contributed by atoms with Crippen LogP contribution in [0.15, 0.2) is 30.3 Å². The lowest BCUT2D eigenvalue weighted by Crippen LogP contribution is -2.61. The monoisotopic (exact) mass is 373 g/mol. The number of fused-ring (bicyclic) bond motifs is 1. The first-order valence-corrected chi connectivity index (χ1v) is 8.78. The number of piperidine rings is 1. The van der Waals surface area contributed by atoms with Gasteiger partial charge in [0, 0.05) is 11.4 Å². The minimum absolute atomic E-state index is 0. The Morgan fingerprint density at radius 3 is 2.46 bits per heavy atom. The summed E-state index contributed by atoms with van der Waals surface area (Å²) in [5.41, 5.74) is 3.23. The molecule has 1 fully saturated rings. The molecule has 3 heterocycles. The molecule has 2 aliphatic rings. The van der Waals surface area contributed by atoms with Crippen LogP contribution >= 0.6 is 12.4 Å². The van der Waals surface area contributed by atoms with Gasteiger partial charge in [-0.15, -0.1) is 12.4 Å². The van der Waals surface area contributed by atoms with Gasteiger partial charge in [-0.1, -0.05) is 12.1 Å². The number of anilines is 2. The summed E-state index contributed by atoms with van der Waals surface area (Å²) in [7, 11) is 0. The normalized spacial score (nSPS) is 18.1. The first kappa shape index (κ1) is 18.6. The minimum atomic E-state index is -0.529. The maximum atomic E-state index is 13.4. The molecular formula is C19H24ClN5O. The van der Waals surface area contributed by atoms with Crippen LogP contribution in [-0.2, 0) is 11.3 Å². The molecule has 26 heavy (non-hydrogen) atoms. The van der Waals surface area contributed by atoms with Gasteiger partial charge in [0.15, 0.2) is 0 Å². The lowest BCUT2D eigenvalue weighted by Gasteiger charge is -2.45. The van der Waals surface area contributed by atoms with Crippen LogP contribution in [-0.4, -0.2) is 34.5 Å². The van der Waals surface area contributed by atoms with E-state index in [0.717, 1.165) is 48.7 Å². The zero-order valence-electron chi connectivity index (χ0n) is 15.1. The molecule has 0 atom stereocenters. The first-order valence-electron chi connectivity index (χ1n) is 8.78. The summed E-state index contributed by atoms with van der Waals surface area (Å²) >= 11 is 0. The van der Waals surface area contributed by atoms with E-state index in [1.165, 1.54) is 0 Å². The Morgan fingerprint density at radius 2 is 1.77 bits per heavy atom. The van der Waals surface area contributed by atoms with Gasteiger partial charge >= 0.3 is 0 Å². The van der Waals surface area contributed by atoms with Gasteiger partial charge in [0.1, 0.15) is 11.4 Å². The highest BCUT2D eigenvalue weighted by Gasteiger charge is 2.46. The molecule has 1 amide bonds. The number of benzene rings is 1. The first-order chi connectivity index (χ1) is 12.1. The Bertz CT molecular complexity index is 799. The third-order valence-electron chi connectivity index (χ3n) is 5.01. The third kappa shape index (κ3) is 3.27. The fourth-order valence-electron chi connectivity index (χ4n) is 3.85. The van der Waals surface area contributed by atoms with Crippen LogP contribution in [0.25, 0.3) is 0 Å². The number of halogens is 1. The summed E-state index contributed by atoms with van der Waals surface area (Å²) in [5.74, 6) is 0.807. The van der Waals surface area contributed by atoms with Gasteiger partial charge in [-0.05, 0) is 58.0 Å². The predicted octanol–water partition coefficient (Wildman–Crippen LogP) is 2.60. The van der Waals surface area contributed by atoms with E-state index in [1.807, 2.05) is 49.1 Å². The lowest BCUT2D eigenvalue weighted by atomic mass is 9.84. The maximum Gasteiger partial charge on any atom is 0.253 e. The van der Waals surface area contributed by atoms with Gasteiger partial charge in [-0.3, -0.25) is 4.79 Å². The number of nitrogens with one attached hydrogen (secondary N) is 2. The molecule has 2 N–H and O–H groups in total. The van der Waals surface area contributed by atoms with Crippen LogP contribution < -0.4 is 15.5 Å². The van der Waals surface area contributed by atoms with Crippen molar-refractivity contribution in [2.75, 3.05) is 23.3 Å². The molecular weight excluding hydrogens is 350 g/mol. The second-order valence-corrected chi connectivity index (χ2v) is 6.93. The van der Waals surface area contributed by atoms with E-state index < -0.39 is 5.54 Å². The molecule has 0 saturated carbocycles. The quantitative estimate of drug-likeness (QED) is 0.846. The molecule has 0 aliphatic carbocycles. The van der Waals surface area contributed by atoms with E-state index in [1.54, 1.807) is 0 Å². The van der Waals surface area contributed by atoms with Crippen LogP contribution in [0.4, 0.5) is 11.4 Å². The fraction of sp³-hybridized carbons (Fsp3) is 0.421. The van der Waals surface area contributed by atoms with Gasteiger partial charge in [-0.2, -0.15) is 0 Å². The van der Waals surface area contributed by atoms with E-state index >= 15 is 0 Å². The van der Waals surface area contributed by atoms with Gasteiger partial charge in [0.25, 0.3) is 5.91 Å². The second-order valence-electron chi connectivity index (χ2n) is 6.93. The molecule has 1 aromatic carbocycles. The molecule has 2 aromatic rings. The number of carbonyl (C=O) groups excluding carboxylic acids is 1. The molecule has 4 rings (SSSR count). The number of para-hydroxylation sites is 2. The Kier molecular flexibility index (Phi) is 5.16.